The summed E-state index contributed by atoms with van der Waals surface area (Å²) in [5.74, 6) is -3.40. The summed E-state index contributed by atoms with van der Waals surface area (Å²) in [6.07, 6.45) is -0.252. The number of benzene rings is 1. The van der Waals surface area contributed by atoms with Crippen LogP contribution < -0.4 is 5.32 Å². The lowest BCUT2D eigenvalue weighted by atomic mass is 10.1. The Hall–Kier alpha value is -1.80. The van der Waals surface area contributed by atoms with Crippen LogP contribution in [0.5, 0.6) is 0 Å². The molecule has 1 aromatic rings. The van der Waals surface area contributed by atoms with Crippen molar-refractivity contribution >= 4 is 20.2 Å². The quantitative estimate of drug-likeness (QED) is 0.670. The molecule has 0 aliphatic rings. The van der Waals surface area contributed by atoms with E-state index >= 15 is 0 Å². The van der Waals surface area contributed by atoms with Crippen molar-refractivity contribution in [3.63, 3.8) is 0 Å². The normalized spacial score (nSPS) is 13.3. The highest BCUT2D eigenvalue weighted by Gasteiger charge is 2.37. The van der Waals surface area contributed by atoms with Crippen LogP contribution in [-0.4, -0.2) is 37.9 Å². The lowest BCUT2D eigenvalue weighted by Gasteiger charge is -2.36. The van der Waals surface area contributed by atoms with E-state index in [1.54, 1.807) is 0 Å². The van der Waals surface area contributed by atoms with Gasteiger partial charge in [-0.1, -0.05) is 26.8 Å². The fourth-order valence-corrected chi connectivity index (χ4v) is 3.05. The van der Waals surface area contributed by atoms with E-state index in [1.807, 2.05) is 0 Å². The highest BCUT2D eigenvalue weighted by molar-refractivity contribution is 6.74. The van der Waals surface area contributed by atoms with Gasteiger partial charge in [0.2, 0.25) is 5.91 Å². The second-order valence-corrected chi connectivity index (χ2v) is 12.6. The van der Waals surface area contributed by atoms with Gasteiger partial charge in [0.05, 0.1) is 6.42 Å². The summed E-state index contributed by atoms with van der Waals surface area (Å²) in [4.78, 5) is 23.4. The standard InChI is InChI=1S/C18H27F2NO4Si/c1-18(2,3)26(4,5)25-9-8-15(17(23)24)21-16(22)10-12-6-7-13(19)11-14(12)20/h6-7,11,15H,8-10H2,1-5H3,(H,21,22)(H,23,24)/t15-/m0/s1. The molecule has 0 radical (unpaired) electrons. The van der Waals surface area contributed by atoms with Gasteiger partial charge in [-0.3, -0.25) is 4.79 Å². The molecule has 1 amide bonds. The van der Waals surface area contributed by atoms with Crippen LogP contribution in [0.1, 0.15) is 32.8 Å². The number of halogens is 2. The van der Waals surface area contributed by atoms with Gasteiger partial charge in [0, 0.05) is 19.1 Å². The van der Waals surface area contributed by atoms with Crippen molar-refractivity contribution in [3.8, 4) is 0 Å². The molecule has 1 rings (SSSR count). The molecule has 0 unspecified atom stereocenters. The fraction of sp³-hybridized carbons (Fsp3) is 0.556. The molecule has 2 N–H and O–H groups in total. The van der Waals surface area contributed by atoms with E-state index in [9.17, 15) is 23.5 Å². The molecule has 0 heterocycles. The van der Waals surface area contributed by atoms with E-state index in [1.165, 1.54) is 6.07 Å². The molecule has 0 spiro atoms. The predicted molar refractivity (Wildman–Crippen MR) is 97.4 cm³/mol. The van der Waals surface area contributed by atoms with Gasteiger partial charge in [-0.05, 0) is 29.8 Å². The molecular formula is C18H27F2NO4Si. The summed E-state index contributed by atoms with van der Waals surface area (Å²) in [6, 6.07) is 1.77. The third-order valence-corrected chi connectivity index (χ3v) is 9.21. The minimum absolute atomic E-state index is 0.00488. The Kier molecular flexibility index (Phi) is 7.46. The molecule has 0 fully saturated rings. The molecule has 0 aliphatic carbocycles. The number of carbonyl (C=O) groups excluding carboxylic acids is 1. The van der Waals surface area contributed by atoms with Gasteiger partial charge < -0.3 is 14.8 Å². The first-order chi connectivity index (χ1) is 11.8. The highest BCUT2D eigenvalue weighted by Crippen LogP contribution is 2.36. The minimum atomic E-state index is -2.01. The number of amides is 1. The van der Waals surface area contributed by atoms with Crippen LogP contribution >= 0.6 is 0 Å². The summed E-state index contributed by atoms with van der Waals surface area (Å²) in [5.41, 5.74) is 0.00515. The zero-order valence-electron chi connectivity index (χ0n) is 15.9. The number of carboxylic acid groups (broad SMARTS) is 1. The first-order valence-electron chi connectivity index (χ1n) is 8.43. The molecular weight excluding hydrogens is 360 g/mol. The first kappa shape index (κ1) is 22.2. The number of aliphatic carboxylic acids is 1. The second-order valence-electron chi connectivity index (χ2n) is 7.77. The van der Waals surface area contributed by atoms with Crippen LogP contribution in [0.25, 0.3) is 0 Å². The molecule has 0 bridgehead atoms. The second kappa shape index (κ2) is 8.72. The van der Waals surface area contributed by atoms with E-state index < -0.39 is 37.9 Å². The third-order valence-electron chi connectivity index (χ3n) is 4.68. The molecule has 5 nitrogen and oxygen atoms in total. The van der Waals surface area contributed by atoms with Gasteiger partial charge in [0.25, 0.3) is 0 Å². The summed E-state index contributed by atoms with van der Waals surface area (Å²) in [6.45, 7) is 10.5. The molecule has 26 heavy (non-hydrogen) atoms. The molecule has 0 aliphatic heterocycles. The number of rotatable bonds is 8. The van der Waals surface area contributed by atoms with Crippen molar-refractivity contribution in [1.29, 1.82) is 0 Å². The van der Waals surface area contributed by atoms with Crippen LogP contribution in [0, 0.1) is 11.6 Å². The van der Waals surface area contributed by atoms with Crippen LogP contribution in [-0.2, 0) is 20.4 Å². The number of carboxylic acids is 1. The fourth-order valence-electron chi connectivity index (χ4n) is 1.99. The van der Waals surface area contributed by atoms with Crippen molar-refractivity contribution in [2.24, 2.45) is 0 Å². The van der Waals surface area contributed by atoms with Gasteiger partial charge >= 0.3 is 5.97 Å². The van der Waals surface area contributed by atoms with Crippen molar-refractivity contribution in [3.05, 3.63) is 35.4 Å². The van der Waals surface area contributed by atoms with E-state index in [4.69, 9.17) is 4.43 Å². The molecule has 0 saturated carbocycles. The van der Waals surface area contributed by atoms with Crippen molar-refractivity contribution < 1.29 is 27.9 Å². The number of carbonyl (C=O) groups is 2. The topological polar surface area (TPSA) is 75.6 Å². The molecule has 146 valence electrons. The smallest absolute Gasteiger partial charge is 0.326 e. The minimum Gasteiger partial charge on any atom is -0.480 e. The van der Waals surface area contributed by atoms with Crippen molar-refractivity contribution in [2.45, 2.75) is 57.8 Å². The molecule has 1 atom stereocenters. The van der Waals surface area contributed by atoms with Gasteiger partial charge in [0.15, 0.2) is 8.32 Å². The van der Waals surface area contributed by atoms with Crippen LogP contribution in [0.15, 0.2) is 18.2 Å². The number of nitrogens with one attached hydrogen (secondary N) is 1. The predicted octanol–water partition coefficient (Wildman–Crippen LogP) is 3.49. The lowest BCUT2D eigenvalue weighted by Crippen LogP contribution is -2.45. The SMILES string of the molecule is CC(C)(C)[Si](C)(C)OCC[C@H](NC(=O)Cc1ccc(F)cc1F)C(=O)O. The Bertz CT molecular complexity index is 659. The lowest BCUT2D eigenvalue weighted by molar-refractivity contribution is -0.142. The van der Waals surface area contributed by atoms with Gasteiger partial charge in [-0.15, -0.1) is 0 Å². The zero-order valence-corrected chi connectivity index (χ0v) is 16.9. The third kappa shape index (κ3) is 6.49. The average Bonchev–Trinajstić information content (AvgIpc) is 2.47. The van der Waals surface area contributed by atoms with Gasteiger partial charge in [-0.25, -0.2) is 13.6 Å². The monoisotopic (exact) mass is 387 g/mol. The number of hydrogen-bond acceptors (Lipinski definition) is 3. The Morgan fingerprint density at radius 3 is 2.38 bits per heavy atom. The summed E-state index contributed by atoms with van der Waals surface area (Å²) >= 11 is 0. The average molecular weight is 387 g/mol. The highest BCUT2D eigenvalue weighted by atomic mass is 28.4. The molecule has 0 saturated heterocycles. The summed E-state index contributed by atoms with van der Waals surface area (Å²) in [5, 5.41) is 11.6. The molecule has 8 heteroatoms. The Labute approximate surface area is 153 Å². The Balaban J connectivity index is 2.62. The van der Waals surface area contributed by atoms with Gasteiger partial charge in [-0.2, -0.15) is 0 Å². The maximum atomic E-state index is 13.6. The molecule has 1 aromatic carbocycles. The maximum Gasteiger partial charge on any atom is 0.326 e. The van der Waals surface area contributed by atoms with E-state index in [0.717, 1.165) is 6.07 Å². The Morgan fingerprint density at radius 2 is 1.88 bits per heavy atom. The Morgan fingerprint density at radius 1 is 1.27 bits per heavy atom. The van der Waals surface area contributed by atoms with Gasteiger partial charge in [0.1, 0.15) is 17.7 Å². The first-order valence-corrected chi connectivity index (χ1v) is 11.3. The zero-order chi connectivity index (χ0) is 20.1. The van der Waals surface area contributed by atoms with Crippen molar-refractivity contribution in [1.82, 2.24) is 5.32 Å². The summed E-state index contributed by atoms with van der Waals surface area (Å²) < 4.78 is 32.4. The largest absolute Gasteiger partial charge is 0.480 e. The van der Waals surface area contributed by atoms with Crippen LogP contribution in [0.4, 0.5) is 8.78 Å². The van der Waals surface area contributed by atoms with E-state index in [0.29, 0.717) is 6.07 Å². The molecule has 0 aromatic heterocycles. The van der Waals surface area contributed by atoms with Crippen LogP contribution in [0.2, 0.25) is 18.1 Å². The van der Waals surface area contributed by atoms with E-state index in [-0.39, 0.29) is 30.1 Å². The van der Waals surface area contributed by atoms with E-state index in [2.05, 4.69) is 39.2 Å². The number of hydrogen-bond donors (Lipinski definition) is 2. The summed E-state index contributed by atoms with van der Waals surface area (Å²) in [7, 11) is -2.01. The van der Waals surface area contributed by atoms with Crippen LogP contribution in [0.3, 0.4) is 0 Å². The maximum absolute atomic E-state index is 13.6. The van der Waals surface area contributed by atoms with Crippen molar-refractivity contribution in [2.75, 3.05) is 6.61 Å².